The Hall–Kier alpha value is -1.50. The second-order valence-corrected chi connectivity index (χ2v) is 17.0. The fourth-order valence-electron chi connectivity index (χ4n) is 6.82. The Morgan fingerprint density at radius 1 is 1.24 bits per heavy atom. The van der Waals surface area contributed by atoms with Crippen LogP contribution in [0.4, 0.5) is 5.69 Å². The van der Waals surface area contributed by atoms with Crippen LogP contribution in [0, 0.1) is 9.49 Å². The van der Waals surface area contributed by atoms with Gasteiger partial charge in [0.15, 0.2) is 13.9 Å². The zero-order valence-electron chi connectivity index (χ0n) is 21.9. The van der Waals surface area contributed by atoms with Gasteiger partial charge in [-0.3, -0.25) is 9.59 Å². The number of amides is 2. The van der Waals surface area contributed by atoms with E-state index in [2.05, 4.69) is 22.6 Å². The Kier molecular flexibility index (Phi) is 7.73. The molecular formula is C28H34ClIN2O5Si. The van der Waals surface area contributed by atoms with Gasteiger partial charge in [0, 0.05) is 32.2 Å². The molecule has 0 saturated carbocycles. The van der Waals surface area contributed by atoms with Crippen LogP contribution in [0.15, 0.2) is 42.5 Å². The summed E-state index contributed by atoms with van der Waals surface area (Å²) in [5.41, 5.74) is 0.740. The minimum atomic E-state index is -2.89. The molecule has 0 unspecified atom stereocenters. The third-order valence-corrected chi connectivity index (χ3v) is 11.9. The maximum absolute atomic E-state index is 14.4. The number of ether oxygens (including phenoxy) is 1. The van der Waals surface area contributed by atoms with Crippen molar-refractivity contribution >= 4 is 60.0 Å². The van der Waals surface area contributed by atoms with Crippen LogP contribution in [0.1, 0.15) is 37.3 Å². The number of hydrogen-bond donors (Lipinski definition) is 2. The summed E-state index contributed by atoms with van der Waals surface area (Å²) >= 11 is 8.72. The minimum Gasteiger partial charge on any atom is -0.432 e. The van der Waals surface area contributed by atoms with Crippen LogP contribution in [0.5, 0.6) is 0 Å². The van der Waals surface area contributed by atoms with Gasteiger partial charge in [-0.1, -0.05) is 30.7 Å². The summed E-state index contributed by atoms with van der Waals surface area (Å²) in [5.74, 6) is -0.661. The van der Waals surface area contributed by atoms with Crippen LogP contribution < -0.4 is 4.90 Å². The number of likely N-dealkylation sites (tertiary alicyclic amines) is 1. The van der Waals surface area contributed by atoms with Gasteiger partial charge in [-0.2, -0.15) is 0 Å². The number of benzene rings is 2. The second-order valence-electron chi connectivity index (χ2n) is 11.3. The number of hydrogen-bond acceptors (Lipinski definition) is 5. The molecule has 3 aliphatic rings. The summed E-state index contributed by atoms with van der Waals surface area (Å²) < 4.78 is 7.87. The maximum atomic E-state index is 14.4. The summed E-state index contributed by atoms with van der Waals surface area (Å²) in [7, 11) is -2.89. The lowest BCUT2D eigenvalue weighted by molar-refractivity contribution is -0.150. The molecule has 3 heterocycles. The van der Waals surface area contributed by atoms with Gasteiger partial charge in [0.1, 0.15) is 0 Å². The van der Waals surface area contributed by atoms with Crippen molar-refractivity contribution in [2.45, 2.75) is 69.1 Å². The maximum Gasteiger partial charge on any atom is 0.264 e. The molecule has 5 rings (SSSR count). The normalized spacial score (nSPS) is 29.0. The third-order valence-electron chi connectivity index (χ3n) is 8.48. The fraction of sp³-hybridized carbons (Fsp3) is 0.500. The van der Waals surface area contributed by atoms with Crippen molar-refractivity contribution in [3.63, 3.8) is 0 Å². The molecule has 0 aliphatic carbocycles. The SMILES string of the molecule is C[C@@H]1[C@@H]([Si](C)(C)O)[C@H](CC(=O)N2CCC[C@H]2CO)O[C@@]12C(=O)N(Cc1ccc(I)cc1)c1ccc(Cl)cc12. The van der Waals surface area contributed by atoms with E-state index < -0.39 is 20.0 Å². The first-order chi connectivity index (χ1) is 18.0. The van der Waals surface area contributed by atoms with Crippen molar-refractivity contribution < 1.29 is 24.2 Å². The van der Waals surface area contributed by atoms with Gasteiger partial charge < -0.3 is 24.4 Å². The molecule has 204 valence electrons. The van der Waals surface area contributed by atoms with E-state index in [4.69, 9.17) is 16.3 Å². The summed E-state index contributed by atoms with van der Waals surface area (Å²) in [6.45, 7) is 6.57. The second kappa shape index (κ2) is 10.5. The summed E-state index contributed by atoms with van der Waals surface area (Å²) in [6, 6.07) is 13.3. The Morgan fingerprint density at radius 2 is 1.95 bits per heavy atom. The number of carbonyl (C=O) groups excluding carboxylic acids is 2. The Labute approximate surface area is 243 Å². The molecule has 10 heteroatoms. The quantitative estimate of drug-likeness (QED) is 0.345. The molecule has 2 fully saturated rings. The monoisotopic (exact) mass is 668 g/mol. The molecule has 0 aromatic heterocycles. The fourth-order valence-corrected chi connectivity index (χ4v) is 9.91. The molecule has 2 saturated heterocycles. The van der Waals surface area contributed by atoms with Crippen LogP contribution in [-0.4, -0.2) is 60.2 Å². The van der Waals surface area contributed by atoms with E-state index in [9.17, 15) is 19.5 Å². The predicted molar refractivity (Wildman–Crippen MR) is 157 cm³/mol. The molecule has 38 heavy (non-hydrogen) atoms. The zero-order valence-corrected chi connectivity index (χ0v) is 25.8. The molecule has 2 amide bonds. The smallest absolute Gasteiger partial charge is 0.264 e. The number of halogens is 2. The Morgan fingerprint density at radius 3 is 2.61 bits per heavy atom. The number of aliphatic hydroxyl groups is 1. The van der Waals surface area contributed by atoms with Crippen LogP contribution >= 0.6 is 34.2 Å². The van der Waals surface area contributed by atoms with Crippen LogP contribution in [0.2, 0.25) is 23.7 Å². The largest absolute Gasteiger partial charge is 0.432 e. The van der Waals surface area contributed by atoms with E-state index in [0.717, 1.165) is 27.7 Å². The van der Waals surface area contributed by atoms with Crippen LogP contribution in [0.3, 0.4) is 0 Å². The highest BCUT2D eigenvalue weighted by Crippen LogP contribution is 2.60. The predicted octanol–water partition coefficient (Wildman–Crippen LogP) is 4.66. The molecule has 0 bridgehead atoms. The van der Waals surface area contributed by atoms with Crippen molar-refractivity contribution in [1.29, 1.82) is 0 Å². The Bertz CT molecular complexity index is 1240. The van der Waals surface area contributed by atoms with E-state index in [1.54, 1.807) is 21.9 Å². The number of nitrogens with zero attached hydrogens (tertiary/aromatic N) is 2. The van der Waals surface area contributed by atoms with Gasteiger partial charge in [-0.25, -0.2) is 0 Å². The highest BCUT2D eigenvalue weighted by atomic mass is 127. The molecular weight excluding hydrogens is 635 g/mol. The molecule has 5 atom stereocenters. The first kappa shape index (κ1) is 28.0. The number of fused-ring (bicyclic) bond motifs is 2. The van der Waals surface area contributed by atoms with Gasteiger partial charge in [0.25, 0.3) is 5.91 Å². The molecule has 2 aromatic rings. The third kappa shape index (κ3) is 4.73. The minimum absolute atomic E-state index is 0.0601. The van der Waals surface area contributed by atoms with Gasteiger partial charge in [-0.15, -0.1) is 0 Å². The molecule has 2 aromatic carbocycles. The van der Waals surface area contributed by atoms with Crippen molar-refractivity contribution in [2.24, 2.45) is 5.92 Å². The average Bonchev–Trinajstić information content (AvgIpc) is 3.51. The molecule has 7 nitrogen and oxygen atoms in total. The standard InChI is InChI=1S/C28H34ClIN2O5Si/c1-17-26(38(2,3)36)24(14-25(34)31-12-4-5-21(31)16-33)37-28(17)22-13-19(29)8-11-23(22)32(27(28)35)15-18-6-9-20(30)10-7-18/h6-11,13,17,21,24,26,33,36H,4-5,12,14-16H2,1-3H3/t17-,21+,24+,26-,28+/m1/s1. The highest BCUT2D eigenvalue weighted by molar-refractivity contribution is 14.1. The van der Waals surface area contributed by atoms with Crippen LogP contribution in [0.25, 0.3) is 0 Å². The first-order valence-electron chi connectivity index (χ1n) is 13.1. The summed E-state index contributed by atoms with van der Waals surface area (Å²) in [5, 5.41) is 10.3. The van der Waals surface area contributed by atoms with Crippen molar-refractivity contribution in [1.82, 2.24) is 4.90 Å². The van der Waals surface area contributed by atoms with Crippen molar-refractivity contribution in [3.8, 4) is 0 Å². The summed E-state index contributed by atoms with van der Waals surface area (Å²) in [4.78, 5) is 42.7. The van der Waals surface area contributed by atoms with E-state index in [0.29, 0.717) is 23.7 Å². The van der Waals surface area contributed by atoms with Gasteiger partial charge in [-0.05, 0) is 84.4 Å². The number of rotatable bonds is 6. The van der Waals surface area contributed by atoms with E-state index in [-0.39, 0.29) is 42.3 Å². The van der Waals surface area contributed by atoms with E-state index >= 15 is 0 Å². The molecule has 2 N–H and O–H groups in total. The van der Waals surface area contributed by atoms with Gasteiger partial charge in [0.05, 0.1) is 37.4 Å². The molecule has 1 spiro atoms. The number of aliphatic hydroxyl groups excluding tert-OH is 1. The lowest BCUT2D eigenvalue weighted by atomic mass is 9.82. The lowest BCUT2D eigenvalue weighted by Crippen LogP contribution is -2.46. The molecule has 3 aliphatic heterocycles. The van der Waals surface area contributed by atoms with Crippen molar-refractivity contribution in [3.05, 3.63) is 62.2 Å². The summed E-state index contributed by atoms with van der Waals surface area (Å²) in [6.07, 6.45) is 1.06. The average molecular weight is 669 g/mol. The topological polar surface area (TPSA) is 90.3 Å². The molecule has 0 radical (unpaired) electrons. The first-order valence-corrected chi connectivity index (χ1v) is 17.6. The van der Waals surface area contributed by atoms with Gasteiger partial charge in [0.2, 0.25) is 5.91 Å². The van der Waals surface area contributed by atoms with Gasteiger partial charge >= 0.3 is 0 Å². The zero-order chi connectivity index (χ0) is 27.4. The Balaban J connectivity index is 1.53. The number of carbonyl (C=O) groups is 2. The van der Waals surface area contributed by atoms with Crippen LogP contribution in [-0.2, 0) is 26.5 Å². The van der Waals surface area contributed by atoms with E-state index in [1.165, 1.54) is 0 Å². The lowest BCUT2D eigenvalue weighted by Gasteiger charge is -2.32. The van der Waals surface area contributed by atoms with Crippen molar-refractivity contribution in [2.75, 3.05) is 18.1 Å². The highest BCUT2D eigenvalue weighted by Gasteiger charge is 2.66. The van der Waals surface area contributed by atoms with E-state index in [1.807, 2.05) is 50.3 Å². The number of anilines is 1.